The summed E-state index contributed by atoms with van der Waals surface area (Å²) in [5.41, 5.74) is 4.02. The predicted molar refractivity (Wildman–Crippen MR) is 118 cm³/mol. The quantitative estimate of drug-likeness (QED) is 0.318. The lowest BCUT2D eigenvalue weighted by atomic mass is 9.92. The van der Waals surface area contributed by atoms with Crippen molar-refractivity contribution in [3.05, 3.63) is 71.4 Å². The molecule has 0 spiro atoms. The van der Waals surface area contributed by atoms with Crippen LogP contribution in [0.2, 0.25) is 0 Å². The number of rotatable bonds is 8. The summed E-state index contributed by atoms with van der Waals surface area (Å²) in [6, 6.07) is 17.1. The molecule has 7 heteroatoms. The number of hydrogen-bond acceptors (Lipinski definition) is 6. The summed E-state index contributed by atoms with van der Waals surface area (Å²) in [4.78, 5) is 29.5. The molecule has 3 aromatic rings. The lowest BCUT2D eigenvalue weighted by molar-refractivity contribution is -0.149. The Morgan fingerprint density at radius 1 is 1.19 bits per heavy atom. The van der Waals surface area contributed by atoms with Crippen LogP contribution in [0.1, 0.15) is 36.6 Å². The van der Waals surface area contributed by atoms with Crippen LogP contribution in [0.4, 0.5) is 0 Å². The number of benzene rings is 2. The van der Waals surface area contributed by atoms with Gasteiger partial charge in [-0.3, -0.25) is 19.8 Å². The number of hydroxylamine groups is 1. The summed E-state index contributed by atoms with van der Waals surface area (Å²) in [6.45, 7) is 4.46. The second-order valence-corrected chi connectivity index (χ2v) is 8.10. The van der Waals surface area contributed by atoms with Gasteiger partial charge in [0.25, 0.3) is 0 Å². The molecular formula is C25H26N2O5. The van der Waals surface area contributed by atoms with E-state index in [2.05, 4.69) is 4.98 Å². The predicted octanol–water partition coefficient (Wildman–Crippen LogP) is 3.84. The normalized spacial score (nSPS) is 19.4. The van der Waals surface area contributed by atoms with Crippen LogP contribution >= 0.6 is 0 Å². The fraction of sp³-hybridized carbons (Fsp3) is 0.320. The van der Waals surface area contributed by atoms with Gasteiger partial charge in [-0.1, -0.05) is 37.3 Å². The fourth-order valence-electron chi connectivity index (χ4n) is 4.18. The van der Waals surface area contributed by atoms with Gasteiger partial charge < -0.3 is 9.47 Å². The summed E-state index contributed by atoms with van der Waals surface area (Å²) in [5.74, 6) is -1.15. The molecule has 0 bridgehead atoms. The van der Waals surface area contributed by atoms with Crippen LogP contribution in [0.3, 0.4) is 0 Å². The summed E-state index contributed by atoms with van der Waals surface area (Å²) in [6.07, 6.45) is 0.959. The van der Waals surface area contributed by atoms with Gasteiger partial charge in [-0.15, -0.1) is 0 Å². The molecule has 32 heavy (non-hydrogen) atoms. The number of hydrogen-bond donors (Lipinski definition) is 2. The first-order valence-electron chi connectivity index (χ1n) is 10.7. The Balaban J connectivity index is 1.59. The number of esters is 1. The van der Waals surface area contributed by atoms with Gasteiger partial charge in [0.15, 0.2) is 0 Å². The average molecular weight is 434 g/mol. The second-order valence-electron chi connectivity index (χ2n) is 8.10. The topological polar surface area (TPSA) is 97.8 Å². The Hall–Kier alpha value is -3.45. The number of carbonyl (C=O) groups is 2. The molecule has 1 amide bonds. The van der Waals surface area contributed by atoms with E-state index in [1.807, 2.05) is 50.2 Å². The van der Waals surface area contributed by atoms with E-state index in [1.54, 1.807) is 23.7 Å². The molecular weight excluding hydrogens is 408 g/mol. The smallest absolute Gasteiger partial charge is 0.317 e. The molecule has 1 aliphatic rings. The van der Waals surface area contributed by atoms with Crippen LogP contribution < -0.4 is 10.2 Å². The second kappa shape index (κ2) is 8.96. The zero-order valence-corrected chi connectivity index (χ0v) is 18.1. The lowest BCUT2D eigenvalue weighted by Crippen LogP contribution is -2.32. The number of pyridine rings is 1. The van der Waals surface area contributed by atoms with Crippen LogP contribution in [-0.2, 0) is 26.3 Å². The minimum Gasteiger partial charge on any atom is -0.489 e. The Kier molecular flexibility index (Phi) is 6.10. The molecule has 0 aliphatic heterocycles. The highest BCUT2D eigenvalue weighted by Crippen LogP contribution is 2.55. The minimum atomic E-state index is -1.11. The van der Waals surface area contributed by atoms with Crippen LogP contribution in [0, 0.1) is 12.8 Å². The summed E-state index contributed by atoms with van der Waals surface area (Å²) in [7, 11) is 0. The van der Waals surface area contributed by atoms with Gasteiger partial charge >= 0.3 is 5.97 Å². The maximum atomic E-state index is 12.9. The number of ether oxygens (including phenoxy) is 2. The zero-order valence-electron chi connectivity index (χ0n) is 18.1. The lowest BCUT2D eigenvalue weighted by Gasteiger charge is -2.18. The number of aromatic nitrogens is 1. The summed E-state index contributed by atoms with van der Waals surface area (Å²) >= 11 is 0. The highest BCUT2D eigenvalue weighted by Gasteiger charge is 2.66. The van der Waals surface area contributed by atoms with Crippen molar-refractivity contribution in [3.8, 4) is 5.75 Å². The maximum absolute atomic E-state index is 12.9. The van der Waals surface area contributed by atoms with E-state index in [0.29, 0.717) is 24.3 Å². The number of carbonyl (C=O) groups excluding carboxylic acids is 2. The molecule has 166 valence electrons. The third-order valence-corrected chi connectivity index (χ3v) is 5.86. The number of fused-ring (bicyclic) bond motifs is 1. The van der Waals surface area contributed by atoms with Gasteiger partial charge in [0.05, 0.1) is 18.0 Å². The molecule has 2 atom stereocenters. The van der Waals surface area contributed by atoms with Crippen molar-refractivity contribution < 1.29 is 24.3 Å². The minimum absolute atomic E-state index is 0.276. The monoisotopic (exact) mass is 434 g/mol. The number of nitrogens with one attached hydrogen (secondary N) is 1. The number of aryl methyl sites for hydroxylation is 1. The molecule has 0 unspecified atom stereocenters. The number of amides is 1. The van der Waals surface area contributed by atoms with Gasteiger partial charge in [-0.2, -0.15) is 0 Å². The van der Waals surface area contributed by atoms with E-state index in [1.165, 1.54) is 0 Å². The third-order valence-electron chi connectivity index (χ3n) is 5.86. The maximum Gasteiger partial charge on any atom is 0.317 e. The van der Waals surface area contributed by atoms with Crippen molar-refractivity contribution in [2.45, 2.75) is 38.7 Å². The highest BCUT2D eigenvalue weighted by atomic mass is 16.5. The first-order chi connectivity index (χ1) is 15.5. The Morgan fingerprint density at radius 2 is 2.00 bits per heavy atom. The van der Waals surface area contributed by atoms with E-state index >= 15 is 0 Å². The van der Waals surface area contributed by atoms with Gasteiger partial charge in [0, 0.05) is 16.6 Å². The Bertz CT molecular complexity index is 1160. The Morgan fingerprint density at radius 3 is 2.78 bits per heavy atom. The van der Waals surface area contributed by atoms with E-state index < -0.39 is 23.2 Å². The van der Waals surface area contributed by atoms with Crippen LogP contribution in [0.5, 0.6) is 5.75 Å². The molecule has 4 rings (SSSR count). The molecule has 2 aromatic carbocycles. The van der Waals surface area contributed by atoms with Gasteiger partial charge in [0.2, 0.25) is 5.91 Å². The number of nitrogens with zero attached hydrogens (tertiary/aromatic N) is 1. The fourth-order valence-corrected chi connectivity index (χ4v) is 4.18. The Labute approximate surface area is 186 Å². The first-order valence-corrected chi connectivity index (χ1v) is 10.7. The van der Waals surface area contributed by atoms with Gasteiger partial charge in [-0.05, 0) is 49.6 Å². The largest absolute Gasteiger partial charge is 0.489 e. The highest BCUT2D eigenvalue weighted by molar-refractivity contribution is 5.98. The van der Waals surface area contributed by atoms with Crippen molar-refractivity contribution in [2.75, 3.05) is 6.61 Å². The molecule has 0 saturated heterocycles. The first kappa shape index (κ1) is 21.8. The van der Waals surface area contributed by atoms with Crippen molar-refractivity contribution in [1.82, 2.24) is 10.5 Å². The van der Waals surface area contributed by atoms with Gasteiger partial charge in [0.1, 0.15) is 17.8 Å². The van der Waals surface area contributed by atoms with Gasteiger partial charge in [-0.25, -0.2) is 5.48 Å². The van der Waals surface area contributed by atoms with Crippen molar-refractivity contribution in [1.29, 1.82) is 0 Å². The molecule has 0 radical (unpaired) electrons. The average Bonchev–Trinajstić information content (AvgIpc) is 3.57. The van der Waals surface area contributed by atoms with E-state index in [0.717, 1.165) is 22.2 Å². The van der Waals surface area contributed by atoms with E-state index in [4.69, 9.17) is 14.7 Å². The molecule has 7 nitrogen and oxygen atoms in total. The molecule has 1 aromatic heterocycles. The molecule has 1 fully saturated rings. The van der Waals surface area contributed by atoms with Crippen LogP contribution in [-0.4, -0.2) is 28.7 Å². The molecule has 1 saturated carbocycles. The standard InChI is InChI=1S/C25H26N2O5/c1-3-11-31-24(29)25(14-21(25)23(28)27-30)18-7-6-8-19(13-18)32-15-17-12-16(2)26-22-10-5-4-9-20(17)22/h4-10,12-13,21,30H,3,11,14-15H2,1-2H3,(H,27,28)/t21-,25-/m0/s1. The van der Waals surface area contributed by atoms with Crippen LogP contribution in [0.25, 0.3) is 10.9 Å². The number of para-hydroxylation sites is 1. The van der Waals surface area contributed by atoms with Crippen LogP contribution in [0.15, 0.2) is 54.6 Å². The van der Waals surface area contributed by atoms with Crippen molar-refractivity contribution >= 4 is 22.8 Å². The zero-order chi connectivity index (χ0) is 22.7. The van der Waals surface area contributed by atoms with E-state index in [9.17, 15) is 9.59 Å². The third kappa shape index (κ3) is 4.03. The SMILES string of the molecule is CCCOC(=O)[C@]1(c2cccc(OCc3cc(C)nc4ccccc34)c2)C[C@H]1C(=O)NO. The molecule has 2 N–H and O–H groups in total. The summed E-state index contributed by atoms with van der Waals surface area (Å²) < 4.78 is 11.5. The van der Waals surface area contributed by atoms with Crippen molar-refractivity contribution in [2.24, 2.45) is 5.92 Å². The summed E-state index contributed by atoms with van der Waals surface area (Å²) in [5, 5.41) is 10.1. The molecule has 1 heterocycles. The van der Waals surface area contributed by atoms with Crippen molar-refractivity contribution in [3.63, 3.8) is 0 Å². The van der Waals surface area contributed by atoms with E-state index in [-0.39, 0.29) is 13.0 Å². The molecule has 1 aliphatic carbocycles.